The van der Waals surface area contributed by atoms with E-state index >= 15 is 0 Å². The van der Waals surface area contributed by atoms with Gasteiger partial charge in [-0.15, -0.1) is 0 Å². The van der Waals surface area contributed by atoms with Crippen LogP contribution in [0.4, 0.5) is 4.79 Å². The van der Waals surface area contributed by atoms with E-state index in [0.717, 1.165) is 50.6 Å². The molecule has 1 aliphatic heterocycles. The van der Waals surface area contributed by atoms with Crippen molar-refractivity contribution in [2.24, 2.45) is 11.3 Å². The van der Waals surface area contributed by atoms with Crippen LogP contribution in [0.5, 0.6) is 0 Å². The van der Waals surface area contributed by atoms with E-state index in [1.807, 2.05) is 56.0 Å². The van der Waals surface area contributed by atoms with Crippen LogP contribution in [-0.2, 0) is 16.1 Å². The fourth-order valence-corrected chi connectivity index (χ4v) is 5.41. The van der Waals surface area contributed by atoms with Crippen molar-refractivity contribution in [1.29, 1.82) is 0 Å². The number of carbonyl (C=O) groups excluding carboxylic acids is 3. The highest BCUT2D eigenvalue weighted by Crippen LogP contribution is 2.29. The number of hydrogen-bond donors (Lipinski definition) is 2. The Labute approximate surface area is 211 Å². The van der Waals surface area contributed by atoms with Crippen molar-refractivity contribution < 1.29 is 14.4 Å². The SMILES string of the molecule is CC1CCCN1C(=O)C(NC(=O)NC(C(=O)N(C)Cc1ccccc1)C(C)(C)C)C1CCCCC1. The van der Waals surface area contributed by atoms with Crippen molar-refractivity contribution in [3.8, 4) is 0 Å². The summed E-state index contributed by atoms with van der Waals surface area (Å²) < 4.78 is 0. The molecule has 1 aliphatic carbocycles. The molecule has 0 spiro atoms. The summed E-state index contributed by atoms with van der Waals surface area (Å²) in [6.45, 7) is 9.14. The molecule has 4 amide bonds. The van der Waals surface area contributed by atoms with Crippen LogP contribution in [0.2, 0.25) is 0 Å². The summed E-state index contributed by atoms with van der Waals surface area (Å²) in [4.78, 5) is 43.8. The first kappa shape index (κ1) is 27.0. The molecule has 0 aromatic heterocycles. The van der Waals surface area contributed by atoms with Crippen LogP contribution in [0.15, 0.2) is 30.3 Å². The van der Waals surface area contributed by atoms with Crippen LogP contribution in [0.25, 0.3) is 0 Å². The van der Waals surface area contributed by atoms with Crippen LogP contribution < -0.4 is 10.6 Å². The van der Waals surface area contributed by atoms with E-state index in [9.17, 15) is 14.4 Å². The number of likely N-dealkylation sites (tertiary alicyclic amines) is 1. The van der Waals surface area contributed by atoms with Crippen molar-refractivity contribution in [3.63, 3.8) is 0 Å². The number of nitrogens with zero attached hydrogens (tertiary/aromatic N) is 2. The van der Waals surface area contributed by atoms with Gasteiger partial charge in [0.2, 0.25) is 11.8 Å². The molecule has 35 heavy (non-hydrogen) atoms. The Kier molecular flexibility index (Phi) is 9.20. The zero-order valence-electron chi connectivity index (χ0n) is 22.2. The van der Waals surface area contributed by atoms with Gasteiger partial charge in [-0.3, -0.25) is 9.59 Å². The second-order valence-corrected chi connectivity index (χ2v) is 11.5. The average Bonchev–Trinajstić information content (AvgIpc) is 3.26. The second-order valence-electron chi connectivity index (χ2n) is 11.5. The number of carbonyl (C=O) groups is 3. The lowest BCUT2D eigenvalue weighted by molar-refractivity contribution is -0.135. The van der Waals surface area contributed by atoms with Gasteiger partial charge in [-0.1, -0.05) is 70.4 Å². The number of hydrogen-bond acceptors (Lipinski definition) is 3. The summed E-state index contributed by atoms with van der Waals surface area (Å²) in [6, 6.07) is 8.30. The Morgan fingerprint density at radius 2 is 1.66 bits per heavy atom. The molecule has 3 atom stereocenters. The molecular weight excluding hydrogens is 440 g/mol. The molecule has 2 aliphatic rings. The van der Waals surface area contributed by atoms with Crippen LogP contribution in [0.1, 0.15) is 78.2 Å². The van der Waals surface area contributed by atoms with Gasteiger partial charge >= 0.3 is 6.03 Å². The lowest BCUT2D eigenvalue weighted by Gasteiger charge is -2.36. The van der Waals surface area contributed by atoms with Gasteiger partial charge in [-0.05, 0) is 49.5 Å². The van der Waals surface area contributed by atoms with Gasteiger partial charge in [0.15, 0.2) is 0 Å². The van der Waals surface area contributed by atoms with E-state index in [4.69, 9.17) is 0 Å². The molecule has 3 unspecified atom stereocenters. The molecular formula is C28H44N4O3. The van der Waals surface area contributed by atoms with Crippen LogP contribution >= 0.6 is 0 Å². The third kappa shape index (κ3) is 7.21. The Bertz CT molecular complexity index is 861. The third-order valence-corrected chi connectivity index (χ3v) is 7.54. The zero-order valence-corrected chi connectivity index (χ0v) is 22.2. The fourth-order valence-electron chi connectivity index (χ4n) is 5.41. The minimum atomic E-state index is -0.718. The van der Waals surface area contributed by atoms with Crippen LogP contribution in [0, 0.1) is 11.3 Å². The molecule has 7 nitrogen and oxygen atoms in total. The van der Waals surface area contributed by atoms with Gasteiger partial charge < -0.3 is 20.4 Å². The highest BCUT2D eigenvalue weighted by molar-refractivity contribution is 5.91. The summed E-state index contributed by atoms with van der Waals surface area (Å²) >= 11 is 0. The minimum Gasteiger partial charge on any atom is -0.340 e. The standard InChI is InChI=1S/C28H44N4O3/c1-20-13-12-18-32(20)25(33)23(22-16-10-7-11-17-22)29-27(35)30-24(28(2,3)4)26(34)31(5)19-21-14-8-6-9-15-21/h6,8-9,14-15,20,22-24H,7,10-13,16-19H2,1-5H3,(H2,29,30,35). The van der Waals surface area contributed by atoms with Gasteiger partial charge in [0.1, 0.15) is 12.1 Å². The van der Waals surface area contributed by atoms with Crippen molar-refractivity contribution >= 4 is 17.8 Å². The molecule has 2 fully saturated rings. The number of likely N-dealkylation sites (N-methyl/N-ethyl adjacent to an activating group) is 1. The van der Waals surface area contributed by atoms with E-state index in [-0.39, 0.29) is 23.8 Å². The monoisotopic (exact) mass is 484 g/mol. The highest BCUT2D eigenvalue weighted by atomic mass is 16.2. The van der Waals surface area contributed by atoms with Crippen molar-refractivity contribution in [2.75, 3.05) is 13.6 Å². The Balaban J connectivity index is 1.71. The average molecular weight is 485 g/mol. The summed E-state index contributed by atoms with van der Waals surface area (Å²) in [6.07, 6.45) is 7.24. The van der Waals surface area contributed by atoms with Gasteiger partial charge in [0.25, 0.3) is 0 Å². The molecule has 194 valence electrons. The fraction of sp³-hybridized carbons (Fsp3) is 0.679. The van der Waals surface area contributed by atoms with Crippen molar-refractivity contribution in [1.82, 2.24) is 20.4 Å². The van der Waals surface area contributed by atoms with Crippen LogP contribution in [0.3, 0.4) is 0 Å². The Morgan fingerprint density at radius 3 is 2.23 bits per heavy atom. The number of urea groups is 1. The van der Waals surface area contributed by atoms with Crippen LogP contribution in [-0.4, -0.2) is 59.4 Å². The zero-order chi connectivity index (χ0) is 25.6. The third-order valence-electron chi connectivity index (χ3n) is 7.54. The number of rotatable bonds is 7. The topological polar surface area (TPSA) is 81.8 Å². The lowest BCUT2D eigenvalue weighted by atomic mass is 9.83. The maximum atomic E-state index is 13.5. The van der Waals surface area contributed by atoms with E-state index in [0.29, 0.717) is 6.54 Å². The maximum absolute atomic E-state index is 13.5. The first-order valence-electron chi connectivity index (χ1n) is 13.2. The predicted molar refractivity (Wildman–Crippen MR) is 139 cm³/mol. The molecule has 1 saturated carbocycles. The summed E-state index contributed by atoms with van der Waals surface area (Å²) in [5.41, 5.74) is 0.538. The highest BCUT2D eigenvalue weighted by Gasteiger charge is 2.39. The molecule has 2 N–H and O–H groups in total. The molecule has 1 aromatic rings. The molecule has 1 saturated heterocycles. The molecule has 1 heterocycles. The first-order chi connectivity index (χ1) is 16.6. The van der Waals surface area contributed by atoms with E-state index in [2.05, 4.69) is 17.6 Å². The van der Waals surface area contributed by atoms with Gasteiger partial charge in [0, 0.05) is 26.2 Å². The number of amides is 4. The van der Waals surface area contributed by atoms with Gasteiger partial charge in [-0.2, -0.15) is 0 Å². The maximum Gasteiger partial charge on any atom is 0.316 e. The Morgan fingerprint density at radius 1 is 1.00 bits per heavy atom. The summed E-state index contributed by atoms with van der Waals surface area (Å²) in [5.74, 6) is 0.0152. The van der Waals surface area contributed by atoms with E-state index in [1.54, 1.807) is 11.9 Å². The van der Waals surface area contributed by atoms with Gasteiger partial charge in [0.05, 0.1) is 0 Å². The summed E-state index contributed by atoms with van der Waals surface area (Å²) in [5, 5.41) is 5.96. The predicted octanol–water partition coefficient (Wildman–Crippen LogP) is 4.32. The van der Waals surface area contributed by atoms with E-state index in [1.165, 1.54) is 6.42 Å². The van der Waals surface area contributed by atoms with Crippen molar-refractivity contribution in [3.05, 3.63) is 35.9 Å². The largest absolute Gasteiger partial charge is 0.340 e. The molecule has 1 aromatic carbocycles. The quantitative estimate of drug-likeness (QED) is 0.605. The minimum absolute atomic E-state index is 0.0249. The van der Waals surface area contributed by atoms with Crippen molar-refractivity contribution in [2.45, 2.75) is 97.3 Å². The first-order valence-corrected chi connectivity index (χ1v) is 13.2. The Hall–Kier alpha value is -2.57. The lowest BCUT2D eigenvalue weighted by Crippen LogP contribution is -2.60. The molecule has 0 bridgehead atoms. The number of benzene rings is 1. The van der Waals surface area contributed by atoms with Gasteiger partial charge in [-0.25, -0.2) is 4.79 Å². The molecule has 7 heteroatoms. The smallest absolute Gasteiger partial charge is 0.316 e. The molecule has 3 rings (SSSR count). The summed E-state index contributed by atoms with van der Waals surface area (Å²) in [7, 11) is 1.76. The normalized spacial score (nSPS) is 20.7. The van der Waals surface area contributed by atoms with E-state index < -0.39 is 23.5 Å². The second kappa shape index (κ2) is 11.9. The number of nitrogens with one attached hydrogen (secondary N) is 2. The molecule has 0 radical (unpaired) electrons.